The first-order valence-corrected chi connectivity index (χ1v) is 4.96. The van der Waals surface area contributed by atoms with Gasteiger partial charge in [0.1, 0.15) is 11.8 Å². The number of nitro groups is 1. The van der Waals surface area contributed by atoms with Crippen LogP contribution >= 0.6 is 0 Å². The van der Waals surface area contributed by atoms with Gasteiger partial charge in [0.15, 0.2) is 5.84 Å². The van der Waals surface area contributed by atoms with Crippen molar-refractivity contribution in [3.8, 4) is 6.07 Å². The molecule has 0 aliphatic heterocycles. The summed E-state index contributed by atoms with van der Waals surface area (Å²) in [6, 6.07) is 5.66. The van der Waals surface area contributed by atoms with Crippen molar-refractivity contribution in [1.29, 1.82) is 10.7 Å². The zero-order chi connectivity index (χ0) is 14.4. The van der Waals surface area contributed by atoms with E-state index in [0.29, 0.717) is 0 Å². The molecule has 0 spiro atoms. The number of nitrogens with one attached hydrogen (secondary N) is 2. The number of aliphatic hydroxyl groups is 1. The lowest BCUT2D eigenvalue weighted by atomic mass is 10.1. The maximum absolute atomic E-state index is 10.8. The van der Waals surface area contributed by atoms with Crippen molar-refractivity contribution in [2.75, 3.05) is 5.43 Å². The van der Waals surface area contributed by atoms with Crippen LogP contribution in [0.3, 0.4) is 0 Å². The lowest BCUT2D eigenvalue weighted by Gasteiger charge is -2.07. The van der Waals surface area contributed by atoms with Gasteiger partial charge in [-0.15, -0.1) is 0 Å². The minimum Gasteiger partial charge on any atom is -0.392 e. The van der Waals surface area contributed by atoms with E-state index in [-0.39, 0.29) is 16.9 Å². The van der Waals surface area contributed by atoms with Crippen LogP contribution in [-0.4, -0.2) is 21.6 Å². The molecule has 0 radical (unpaired) electrons. The fraction of sp³-hybridized carbons (Fsp3) is 0.100. The van der Waals surface area contributed by atoms with Gasteiger partial charge in [-0.1, -0.05) is 12.1 Å². The molecule has 0 unspecified atom stereocenters. The summed E-state index contributed by atoms with van der Waals surface area (Å²) < 4.78 is 0. The number of hydrogen-bond donors (Lipinski definition) is 4. The molecule has 0 fully saturated rings. The number of rotatable bonds is 5. The summed E-state index contributed by atoms with van der Waals surface area (Å²) in [6.07, 6.45) is 0. The molecular weight excluding hydrogens is 252 g/mol. The summed E-state index contributed by atoms with van der Waals surface area (Å²) in [5, 5.41) is 39.2. The number of nitriles is 1. The molecule has 0 saturated carbocycles. The van der Waals surface area contributed by atoms with Crippen LogP contribution in [0.2, 0.25) is 0 Å². The molecule has 0 saturated heterocycles. The van der Waals surface area contributed by atoms with Crippen molar-refractivity contribution < 1.29 is 10.0 Å². The minimum absolute atomic E-state index is 0.0519. The van der Waals surface area contributed by atoms with Crippen molar-refractivity contribution in [3.63, 3.8) is 0 Å². The van der Waals surface area contributed by atoms with Crippen LogP contribution in [0.25, 0.3) is 0 Å². The topological polar surface area (TPSA) is 161 Å². The highest BCUT2D eigenvalue weighted by Gasteiger charge is 2.17. The van der Waals surface area contributed by atoms with Gasteiger partial charge >= 0.3 is 0 Å². The van der Waals surface area contributed by atoms with E-state index < -0.39 is 23.1 Å². The third-order valence-corrected chi connectivity index (χ3v) is 2.14. The first kappa shape index (κ1) is 14.1. The van der Waals surface area contributed by atoms with E-state index in [0.717, 1.165) is 0 Å². The smallest absolute Gasteiger partial charge is 0.294 e. The Morgan fingerprint density at radius 1 is 1.68 bits per heavy atom. The standard InChI is InChI=1S/C10H10N6O3/c11-4-7(10(12)13)14-15-9-6(5-17)2-1-3-8(9)16(18)19/h1-3,15,17H,5H2,(H3,12,13)/b14-7+. The number of aliphatic hydroxyl groups excluding tert-OH is 1. The lowest BCUT2D eigenvalue weighted by molar-refractivity contribution is -0.384. The molecule has 0 amide bonds. The fourth-order valence-corrected chi connectivity index (χ4v) is 1.26. The van der Waals surface area contributed by atoms with E-state index in [4.69, 9.17) is 21.5 Å². The third kappa shape index (κ3) is 3.24. The Bertz CT molecular complexity index is 589. The van der Waals surface area contributed by atoms with Crippen LogP contribution in [0.15, 0.2) is 23.3 Å². The van der Waals surface area contributed by atoms with Gasteiger partial charge in [-0.3, -0.25) is 20.9 Å². The maximum atomic E-state index is 10.8. The van der Waals surface area contributed by atoms with Crippen molar-refractivity contribution in [3.05, 3.63) is 33.9 Å². The molecule has 0 aromatic heterocycles. The van der Waals surface area contributed by atoms with Crippen molar-refractivity contribution in [2.45, 2.75) is 6.61 Å². The van der Waals surface area contributed by atoms with Crippen LogP contribution in [0.5, 0.6) is 0 Å². The molecule has 9 nitrogen and oxygen atoms in total. The summed E-state index contributed by atoms with van der Waals surface area (Å²) in [6.45, 7) is -0.443. The zero-order valence-electron chi connectivity index (χ0n) is 9.62. The second-order valence-corrected chi connectivity index (χ2v) is 3.32. The van der Waals surface area contributed by atoms with E-state index in [2.05, 4.69) is 10.5 Å². The number of hydrazone groups is 1. The van der Waals surface area contributed by atoms with Crippen LogP contribution in [0.1, 0.15) is 5.56 Å². The highest BCUT2D eigenvalue weighted by atomic mass is 16.6. The Labute approximate surface area is 107 Å². The lowest BCUT2D eigenvalue weighted by Crippen LogP contribution is -2.22. The quantitative estimate of drug-likeness (QED) is 0.258. The fourth-order valence-electron chi connectivity index (χ4n) is 1.26. The Morgan fingerprint density at radius 2 is 2.37 bits per heavy atom. The van der Waals surface area contributed by atoms with E-state index >= 15 is 0 Å². The first-order chi connectivity index (χ1) is 9.01. The number of nitrogens with two attached hydrogens (primary N) is 1. The molecule has 5 N–H and O–H groups in total. The normalized spacial score (nSPS) is 10.6. The Hall–Kier alpha value is -2.99. The molecule has 9 heteroatoms. The Balaban J connectivity index is 3.23. The van der Waals surface area contributed by atoms with Crippen LogP contribution in [0, 0.1) is 26.9 Å². The summed E-state index contributed by atoms with van der Waals surface area (Å²) in [5.41, 5.74) is 6.84. The van der Waals surface area contributed by atoms with Gasteiger partial charge in [0, 0.05) is 11.6 Å². The van der Waals surface area contributed by atoms with Crippen LogP contribution in [-0.2, 0) is 6.61 Å². The van der Waals surface area contributed by atoms with Gasteiger partial charge in [0.05, 0.1) is 11.5 Å². The van der Waals surface area contributed by atoms with E-state index in [1.165, 1.54) is 18.2 Å². The van der Waals surface area contributed by atoms with Crippen molar-refractivity contribution >= 4 is 22.9 Å². The Kier molecular flexibility index (Phi) is 4.50. The number of nitro benzene ring substituents is 1. The minimum atomic E-state index is -0.656. The molecule has 0 heterocycles. The van der Waals surface area contributed by atoms with Gasteiger partial charge in [-0.05, 0) is 0 Å². The second kappa shape index (κ2) is 6.08. The molecule has 1 aromatic carbocycles. The molecule has 19 heavy (non-hydrogen) atoms. The van der Waals surface area contributed by atoms with Crippen molar-refractivity contribution in [2.24, 2.45) is 10.8 Å². The monoisotopic (exact) mass is 262 g/mol. The predicted molar refractivity (Wildman–Crippen MR) is 67.6 cm³/mol. The summed E-state index contributed by atoms with van der Waals surface area (Å²) in [4.78, 5) is 10.2. The average Bonchev–Trinajstić information content (AvgIpc) is 2.38. The molecule has 0 bridgehead atoms. The van der Waals surface area contributed by atoms with Crippen LogP contribution in [0.4, 0.5) is 11.4 Å². The molecule has 1 rings (SSSR count). The number of para-hydroxylation sites is 1. The highest BCUT2D eigenvalue weighted by molar-refractivity contribution is 6.45. The van der Waals surface area contributed by atoms with Crippen LogP contribution < -0.4 is 11.2 Å². The number of benzene rings is 1. The molecule has 0 aliphatic carbocycles. The van der Waals surface area contributed by atoms with Crippen molar-refractivity contribution in [1.82, 2.24) is 0 Å². The highest BCUT2D eigenvalue weighted by Crippen LogP contribution is 2.28. The van der Waals surface area contributed by atoms with E-state index in [9.17, 15) is 10.1 Å². The van der Waals surface area contributed by atoms with E-state index in [1.807, 2.05) is 0 Å². The molecule has 0 aliphatic rings. The van der Waals surface area contributed by atoms with Gasteiger partial charge in [-0.2, -0.15) is 10.4 Å². The number of hydrogen-bond acceptors (Lipinski definition) is 7. The third-order valence-electron chi connectivity index (χ3n) is 2.14. The summed E-state index contributed by atoms with van der Waals surface area (Å²) >= 11 is 0. The zero-order valence-corrected chi connectivity index (χ0v) is 9.62. The average molecular weight is 262 g/mol. The largest absolute Gasteiger partial charge is 0.392 e. The molecule has 98 valence electrons. The Morgan fingerprint density at radius 3 is 2.84 bits per heavy atom. The number of amidine groups is 1. The number of anilines is 1. The van der Waals surface area contributed by atoms with Gasteiger partial charge in [-0.25, -0.2) is 0 Å². The first-order valence-electron chi connectivity index (χ1n) is 4.96. The van der Waals surface area contributed by atoms with Gasteiger partial charge in [0.2, 0.25) is 5.71 Å². The summed E-state index contributed by atoms with van der Waals surface area (Å²) in [5.74, 6) is -0.570. The molecule has 1 aromatic rings. The predicted octanol–water partition coefficient (Wildman–Crippen LogP) is 0.315. The SMILES string of the molecule is N#C/C(=N\Nc1c(CO)cccc1[N+](=O)[O-])C(=N)N. The van der Waals surface area contributed by atoms with Gasteiger partial charge < -0.3 is 10.8 Å². The number of nitrogens with zero attached hydrogens (tertiary/aromatic N) is 3. The van der Waals surface area contributed by atoms with E-state index in [1.54, 1.807) is 6.07 Å². The molecule has 0 atom stereocenters. The second-order valence-electron chi connectivity index (χ2n) is 3.32. The van der Waals surface area contributed by atoms with Gasteiger partial charge in [0.25, 0.3) is 5.69 Å². The maximum Gasteiger partial charge on any atom is 0.294 e. The summed E-state index contributed by atoms with van der Waals surface area (Å²) in [7, 11) is 0. The molecular formula is C10H10N6O3.